The molecule has 1 saturated heterocycles. The number of hydrogen-bond donors (Lipinski definition) is 1. The number of aryl methyl sites for hydroxylation is 1. The van der Waals surface area contributed by atoms with Crippen molar-refractivity contribution in [2.24, 2.45) is 0 Å². The first-order chi connectivity index (χ1) is 9.70. The summed E-state index contributed by atoms with van der Waals surface area (Å²) in [5.41, 5.74) is -0.0636. The zero-order valence-electron chi connectivity index (χ0n) is 11.4. The summed E-state index contributed by atoms with van der Waals surface area (Å²) < 4.78 is 5.13. The molecule has 3 rings (SSSR count). The van der Waals surface area contributed by atoms with Crippen molar-refractivity contribution in [2.75, 3.05) is 31.1 Å². The summed E-state index contributed by atoms with van der Waals surface area (Å²) in [6, 6.07) is 5.23. The van der Waals surface area contributed by atoms with Crippen LogP contribution in [0, 0.1) is 6.92 Å². The normalized spacial score (nSPS) is 16.6. The van der Waals surface area contributed by atoms with Crippen LogP contribution >= 0.6 is 0 Å². The standard InChI is InChI=1S/C13H17N5O2/c1-10-14-13(20-16-10)9-17-5-7-18(8-6-17)11-3-2-4-12(19)15-11/h2-4H,5-9H2,1H3,(H,15,19). The highest BCUT2D eigenvalue weighted by Crippen LogP contribution is 2.12. The first-order valence-electron chi connectivity index (χ1n) is 6.66. The minimum atomic E-state index is -0.0636. The topological polar surface area (TPSA) is 78.3 Å². The molecule has 0 atom stereocenters. The second kappa shape index (κ2) is 5.46. The molecule has 7 heteroatoms. The largest absolute Gasteiger partial charge is 0.356 e. The van der Waals surface area contributed by atoms with Gasteiger partial charge in [0, 0.05) is 32.2 Å². The molecular weight excluding hydrogens is 258 g/mol. The molecule has 106 valence electrons. The van der Waals surface area contributed by atoms with Crippen molar-refractivity contribution in [1.29, 1.82) is 0 Å². The Morgan fingerprint density at radius 1 is 1.30 bits per heavy atom. The zero-order chi connectivity index (χ0) is 13.9. The van der Waals surface area contributed by atoms with E-state index in [0.29, 0.717) is 18.3 Å². The minimum absolute atomic E-state index is 0.0636. The third-order valence-electron chi connectivity index (χ3n) is 3.39. The van der Waals surface area contributed by atoms with Crippen LogP contribution in [0.2, 0.25) is 0 Å². The number of rotatable bonds is 3. The number of pyridine rings is 1. The molecule has 2 aromatic heterocycles. The number of nitrogens with zero attached hydrogens (tertiary/aromatic N) is 4. The number of nitrogens with one attached hydrogen (secondary N) is 1. The second-order valence-corrected chi connectivity index (χ2v) is 4.90. The molecule has 1 fully saturated rings. The van der Waals surface area contributed by atoms with E-state index in [1.54, 1.807) is 6.07 Å². The van der Waals surface area contributed by atoms with Gasteiger partial charge in [0.2, 0.25) is 11.4 Å². The fourth-order valence-electron chi connectivity index (χ4n) is 2.36. The van der Waals surface area contributed by atoms with E-state index >= 15 is 0 Å². The van der Waals surface area contributed by atoms with Crippen molar-refractivity contribution in [3.05, 3.63) is 40.3 Å². The van der Waals surface area contributed by atoms with Gasteiger partial charge in [0.1, 0.15) is 5.82 Å². The van der Waals surface area contributed by atoms with E-state index in [0.717, 1.165) is 32.0 Å². The lowest BCUT2D eigenvalue weighted by Crippen LogP contribution is -2.46. The van der Waals surface area contributed by atoms with E-state index < -0.39 is 0 Å². The Balaban J connectivity index is 1.58. The van der Waals surface area contributed by atoms with Gasteiger partial charge in [0.05, 0.1) is 6.54 Å². The van der Waals surface area contributed by atoms with Crippen molar-refractivity contribution in [3.8, 4) is 0 Å². The van der Waals surface area contributed by atoms with Crippen molar-refractivity contribution in [3.63, 3.8) is 0 Å². The first-order valence-corrected chi connectivity index (χ1v) is 6.66. The van der Waals surface area contributed by atoms with Crippen LogP contribution in [0.25, 0.3) is 0 Å². The van der Waals surface area contributed by atoms with E-state index in [4.69, 9.17) is 4.52 Å². The van der Waals surface area contributed by atoms with Crippen LogP contribution < -0.4 is 10.5 Å². The van der Waals surface area contributed by atoms with Gasteiger partial charge in [0.15, 0.2) is 5.82 Å². The lowest BCUT2D eigenvalue weighted by Gasteiger charge is -2.34. The average Bonchev–Trinajstić information content (AvgIpc) is 2.85. The maximum absolute atomic E-state index is 11.3. The predicted molar refractivity (Wildman–Crippen MR) is 73.6 cm³/mol. The summed E-state index contributed by atoms with van der Waals surface area (Å²) >= 11 is 0. The predicted octanol–water partition coefficient (Wildman–Crippen LogP) is 0.389. The third kappa shape index (κ3) is 2.88. The fraction of sp³-hybridized carbons (Fsp3) is 0.462. The Hall–Kier alpha value is -2.15. The van der Waals surface area contributed by atoms with Gasteiger partial charge in [-0.2, -0.15) is 4.98 Å². The monoisotopic (exact) mass is 275 g/mol. The first kappa shape index (κ1) is 12.9. The number of hydrogen-bond acceptors (Lipinski definition) is 6. The van der Waals surface area contributed by atoms with E-state index in [2.05, 4.69) is 24.9 Å². The Morgan fingerprint density at radius 3 is 2.75 bits per heavy atom. The molecule has 0 aliphatic carbocycles. The number of aromatic nitrogens is 3. The molecular formula is C13H17N5O2. The summed E-state index contributed by atoms with van der Waals surface area (Å²) in [6.07, 6.45) is 0. The van der Waals surface area contributed by atoms with Gasteiger partial charge in [-0.05, 0) is 13.0 Å². The van der Waals surface area contributed by atoms with Gasteiger partial charge in [-0.15, -0.1) is 0 Å². The quantitative estimate of drug-likeness (QED) is 0.873. The van der Waals surface area contributed by atoms with E-state index in [-0.39, 0.29) is 5.56 Å². The highest BCUT2D eigenvalue weighted by atomic mass is 16.5. The van der Waals surface area contributed by atoms with Crippen LogP contribution in [0.5, 0.6) is 0 Å². The summed E-state index contributed by atoms with van der Waals surface area (Å²) in [7, 11) is 0. The molecule has 0 radical (unpaired) electrons. The van der Waals surface area contributed by atoms with Crippen LogP contribution in [-0.2, 0) is 6.54 Å². The molecule has 0 bridgehead atoms. The van der Waals surface area contributed by atoms with Gasteiger partial charge >= 0.3 is 0 Å². The molecule has 0 amide bonds. The molecule has 0 unspecified atom stereocenters. The molecule has 2 aromatic rings. The van der Waals surface area contributed by atoms with Crippen molar-refractivity contribution in [2.45, 2.75) is 13.5 Å². The molecule has 1 N–H and O–H groups in total. The van der Waals surface area contributed by atoms with Crippen LogP contribution in [0.1, 0.15) is 11.7 Å². The molecule has 0 spiro atoms. The fourth-order valence-corrected chi connectivity index (χ4v) is 2.36. The highest BCUT2D eigenvalue weighted by Gasteiger charge is 2.19. The second-order valence-electron chi connectivity index (χ2n) is 4.90. The summed E-state index contributed by atoms with van der Waals surface area (Å²) in [5.74, 6) is 2.20. The third-order valence-corrected chi connectivity index (χ3v) is 3.39. The van der Waals surface area contributed by atoms with Gasteiger partial charge in [0.25, 0.3) is 0 Å². The van der Waals surface area contributed by atoms with Crippen LogP contribution in [0.4, 0.5) is 5.82 Å². The lowest BCUT2D eigenvalue weighted by atomic mass is 10.3. The van der Waals surface area contributed by atoms with Crippen LogP contribution in [0.15, 0.2) is 27.5 Å². The Bertz CT molecular complexity index is 627. The lowest BCUT2D eigenvalue weighted by molar-refractivity contribution is 0.215. The van der Waals surface area contributed by atoms with E-state index in [1.807, 2.05) is 13.0 Å². The van der Waals surface area contributed by atoms with Crippen molar-refractivity contribution >= 4 is 5.82 Å². The van der Waals surface area contributed by atoms with E-state index in [9.17, 15) is 4.79 Å². The van der Waals surface area contributed by atoms with Crippen molar-refractivity contribution < 1.29 is 4.52 Å². The molecule has 1 aliphatic rings. The minimum Gasteiger partial charge on any atom is -0.356 e. The molecule has 0 saturated carbocycles. The number of H-pyrrole nitrogens is 1. The summed E-state index contributed by atoms with van der Waals surface area (Å²) in [4.78, 5) is 22.8. The number of piperazine rings is 1. The van der Waals surface area contributed by atoms with Gasteiger partial charge in [-0.1, -0.05) is 11.2 Å². The molecule has 20 heavy (non-hydrogen) atoms. The van der Waals surface area contributed by atoms with Crippen molar-refractivity contribution in [1.82, 2.24) is 20.0 Å². The van der Waals surface area contributed by atoms with Gasteiger partial charge in [-0.25, -0.2) is 0 Å². The zero-order valence-corrected chi connectivity index (χ0v) is 11.4. The Morgan fingerprint density at radius 2 is 2.10 bits per heavy atom. The molecule has 0 aromatic carbocycles. The van der Waals surface area contributed by atoms with Crippen LogP contribution in [-0.4, -0.2) is 46.2 Å². The van der Waals surface area contributed by atoms with Crippen LogP contribution in [0.3, 0.4) is 0 Å². The average molecular weight is 275 g/mol. The van der Waals surface area contributed by atoms with Gasteiger partial charge in [-0.3, -0.25) is 9.69 Å². The summed E-state index contributed by atoms with van der Waals surface area (Å²) in [5, 5.41) is 3.79. The molecule has 1 aliphatic heterocycles. The number of anilines is 1. The smallest absolute Gasteiger partial charge is 0.249 e. The molecule has 7 nitrogen and oxygen atoms in total. The summed E-state index contributed by atoms with van der Waals surface area (Å²) in [6.45, 7) is 6.04. The van der Waals surface area contributed by atoms with Gasteiger partial charge < -0.3 is 14.4 Å². The SMILES string of the molecule is Cc1noc(CN2CCN(c3cccc(=O)[nH]3)CC2)n1. The Kier molecular flexibility index (Phi) is 3.51. The van der Waals surface area contributed by atoms with E-state index in [1.165, 1.54) is 6.07 Å². The maximum Gasteiger partial charge on any atom is 0.249 e. The maximum atomic E-state index is 11.3. The Labute approximate surface area is 116 Å². The highest BCUT2D eigenvalue weighted by molar-refractivity contribution is 5.38. The number of aromatic amines is 1. The molecule has 3 heterocycles.